The first kappa shape index (κ1) is 31.5. The Morgan fingerprint density at radius 1 is 0.594 bits per heavy atom. The Hall–Kier alpha value is -0.530. The van der Waals surface area contributed by atoms with Crippen molar-refractivity contribution in [2.75, 3.05) is 0 Å². The van der Waals surface area contributed by atoms with Gasteiger partial charge in [0.1, 0.15) is 0 Å². The predicted octanol–water partition coefficient (Wildman–Crippen LogP) is 10.7. The van der Waals surface area contributed by atoms with E-state index in [2.05, 4.69) is 20.8 Å². The van der Waals surface area contributed by atoms with Crippen LogP contribution in [0.4, 0.5) is 0 Å². The highest BCUT2D eigenvalue weighted by Crippen LogP contribution is 2.36. The van der Waals surface area contributed by atoms with Crippen molar-refractivity contribution in [1.29, 1.82) is 0 Å². The van der Waals surface area contributed by atoms with Crippen molar-refractivity contribution in [3.8, 4) is 0 Å². The number of carboxylic acid groups (broad SMARTS) is 1. The SMILES string of the molecule is CCCCCCCCCCCC(CCCCCCCCC)CC(C)(CCCCC)C(=O)O. The molecule has 2 nitrogen and oxygen atoms in total. The molecule has 0 aliphatic carbocycles. The van der Waals surface area contributed by atoms with Crippen molar-refractivity contribution < 1.29 is 9.90 Å². The second kappa shape index (κ2) is 22.3. The Morgan fingerprint density at radius 2 is 0.938 bits per heavy atom. The molecule has 0 bridgehead atoms. The fourth-order valence-electron chi connectivity index (χ4n) is 5.18. The lowest BCUT2D eigenvalue weighted by molar-refractivity contribution is -0.149. The molecule has 0 aliphatic rings. The van der Waals surface area contributed by atoms with E-state index in [-0.39, 0.29) is 0 Å². The molecule has 0 aromatic heterocycles. The van der Waals surface area contributed by atoms with Crippen LogP contribution in [0.1, 0.15) is 175 Å². The number of unbranched alkanes of at least 4 members (excludes halogenated alkanes) is 16. The van der Waals surface area contributed by atoms with Gasteiger partial charge in [-0.05, 0) is 25.7 Å². The molecule has 0 saturated carbocycles. The van der Waals surface area contributed by atoms with E-state index in [4.69, 9.17) is 0 Å². The number of carboxylic acids is 1. The lowest BCUT2D eigenvalue weighted by Crippen LogP contribution is -2.30. The summed E-state index contributed by atoms with van der Waals surface area (Å²) in [4.78, 5) is 12.2. The van der Waals surface area contributed by atoms with Crippen molar-refractivity contribution in [3.05, 3.63) is 0 Å². The van der Waals surface area contributed by atoms with Gasteiger partial charge in [0.15, 0.2) is 0 Å². The highest BCUT2D eigenvalue weighted by molar-refractivity contribution is 5.74. The van der Waals surface area contributed by atoms with Crippen LogP contribution in [0.3, 0.4) is 0 Å². The number of carbonyl (C=O) groups is 1. The molecule has 192 valence electrons. The molecule has 1 N–H and O–H groups in total. The fraction of sp³-hybridized carbons (Fsp3) is 0.967. The molecule has 0 radical (unpaired) electrons. The molecule has 2 atom stereocenters. The lowest BCUT2D eigenvalue weighted by atomic mass is 9.74. The summed E-state index contributed by atoms with van der Waals surface area (Å²) in [6, 6.07) is 0. The van der Waals surface area contributed by atoms with E-state index in [0.29, 0.717) is 5.92 Å². The molecular weight excluding hydrogens is 392 g/mol. The monoisotopic (exact) mass is 452 g/mol. The van der Waals surface area contributed by atoms with E-state index in [9.17, 15) is 9.90 Å². The topological polar surface area (TPSA) is 37.3 Å². The zero-order valence-corrected chi connectivity index (χ0v) is 22.7. The summed E-state index contributed by atoms with van der Waals surface area (Å²) in [5, 5.41) is 10.0. The molecule has 0 aromatic rings. The molecule has 0 heterocycles. The van der Waals surface area contributed by atoms with Gasteiger partial charge in [-0.2, -0.15) is 0 Å². The number of aliphatic carboxylic acids is 1. The maximum Gasteiger partial charge on any atom is 0.309 e. The van der Waals surface area contributed by atoms with E-state index < -0.39 is 11.4 Å². The van der Waals surface area contributed by atoms with Crippen molar-refractivity contribution in [3.63, 3.8) is 0 Å². The van der Waals surface area contributed by atoms with Crippen LogP contribution in [-0.4, -0.2) is 11.1 Å². The third-order valence-corrected chi connectivity index (χ3v) is 7.52. The summed E-state index contributed by atoms with van der Waals surface area (Å²) in [5.74, 6) is 0.0307. The molecule has 0 spiro atoms. The molecule has 0 saturated heterocycles. The van der Waals surface area contributed by atoms with Crippen LogP contribution in [0, 0.1) is 11.3 Å². The van der Waals surface area contributed by atoms with Crippen molar-refractivity contribution in [2.24, 2.45) is 11.3 Å². The minimum absolute atomic E-state index is 0.528. The van der Waals surface area contributed by atoms with Crippen LogP contribution < -0.4 is 0 Å². The first-order valence-corrected chi connectivity index (χ1v) is 14.7. The van der Waals surface area contributed by atoms with Gasteiger partial charge in [-0.25, -0.2) is 0 Å². The van der Waals surface area contributed by atoms with Crippen LogP contribution in [0.5, 0.6) is 0 Å². The summed E-state index contributed by atoms with van der Waals surface area (Å²) in [7, 11) is 0. The third-order valence-electron chi connectivity index (χ3n) is 7.52. The van der Waals surface area contributed by atoms with Crippen molar-refractivity contribution in [2.45, 2.75) is 175 Å². The largest absolute Gasteiger partial charge is 0.481 e. The molecule has 0 amide bonds. The zero-order chi connectivity index (χ0) is 23.9. The number of hydrogen-bond donors (Lipinski definition) is 1. The summed E-state index contributed by atoms with van der Waals surface area (Å²) in [6.07, 6.45) is 29.3. The van der Waals surface area contributed by atoms with E-state index in [1.165, 1.54) is 116 Å². The smallest absolute Gasteiger partial charge is 0.309 e. The molecular formula is C30H60O2. The summed E-state index contributed by atoms with van der Waals surface area (Å²) in [5.41, 5.74) is -0.528. The highest BCUT2D eigenvalue weighted by atomic mass is 16.4. The Labute approximate surface area is 202 Å². The molecule has 0 fully saturated rings. The predicted molar refractivity (Wildman–Crippen MR) is 142 cm³/mol. The minimum atomic E-state index is -0.565. The average Bonchev–Trinajstić information content (AvgIpc) is 2.77. The average molecular weight is 453 g/mol. The zero-order valence-electron chi connectivity index (χ0n) is 22.7. The van der Waals surface area contributed by atoms with E-state index >= 15 is 0 Å². The molecule has 0 aromatic carbocycles. The Morgan fingerprint density at radius 3 is 1.31 bits per heavy atom. The van der Waals surface area contributed by atoms with Gasteiger partial charge in [-0.3, -0.25) is 4.79 Å². The van der Waals surface area contributed by atoms with Crippen molar-refractivity contribution in [1.82, 2.24) is 0 Å². The summed E-state index contributed by atoms with van der Waals surface area (Å²) in [6.45, 7) is 8.78. The molecule has 0 aliphatic heterocycles. The Balaban J connectivity index is 4.43. The van der Waals surface area contributed by atoms with Crippen LogP contribution >= 0.6 is 0 Å². The maximum atomic E-state index is 12.2. The van der Waals surface area contributed by atoms with Gasteiger partial charge in [0.05, 0.1) is 5.41 Å². The molecule has 2 heteroatoms. The minimum Gasteiger partial charge on any atom is -0.481 e. The van der Waals surface area contributed by atoms with Gasteiger partial charge in [0.25, 0.3) is 0 Å². The van der Waals surface area contributed by atoms with Gasteiger partial charge in [0.2, 0.25) is 0 Å². The Bertz CT molecular complexity index is 406. The van der Waals surface area contributed by atoms with E-state index in [1.54, 1.807) is 0 Å². The van der Waals surface area contributed by atoms with Gasteiger partial charge in [-0.15, -0.1) is 0 Å². The quantitative estimate of drug-likeness (QED) is 0.140. The maximum absolute atomic E-state index is 12.2. The lowest BCUT2D eigenvalue weighted by Gasteiger charge is -2.30. The van der Waals surface area contributed by atoms with Gasteiger partial charge in [-0.1, -0.05) is 156 Å². The number of hydrogen-bond acceptors (Lipinski definition) is 1. The van der Waals surface area contributed by atoms with E-state index in [0.717, 1.165) is 32.1 Å². The third kappa shape index (κ3) is 18.0. The van der Waals surface area contributed by atoms with E-state index in [1.807, 2.05) is 6.92 Å². The second-order valence-corrected chi connectivity index (χ2v) is 10.9. The fourth-order valence-corrected chi connectivity index (χ4v) is 5.18. The van der Waals surface area contributed by atoms with Gasteiger partial charge >= 0.3 is 5.97 Å². The molecule has 32 heavy (non-hydrogen) atoms. The first-order valence-electron chi connectivity index (χ1n) is 14.7. The van der Waals surface area contributed by atoms with Crippen LogP contribution in [-0.2, 0) is 4.79 Å². The summed E-state index contributed by atoms with van der Waals surface area (Å²) < 4.78 is 0. The molecule has 0 rings (SSSR count). The summed E-state index contributed by atoms with van der Waals surface area (Å²) >= 11 is 0. The standard InChI is InChI=1S/C30H60O2/c1-5-8-11-13-15-16-18-20-22-25-28(24-21-19-17-14-12-9-6-2)27-30(4,29(31)32)26-23-10-7-3/h28H,5-27H2,1-4H3,(H,31,32). The van der Waals surface area contributed by atoms with Gasteiger partial charge < -0.3 is 5.11 Å². The van der Waals surface area contributed by atoms with Crippen LogP contribution in [0.2, 0.25) is 0 Å². The van der Waals surface area contributed by atoms with Crippen LogP contribution in [0.25, 0.3) is 0 Å². The van der Waals surface area contributed by atoms with Crippen LogP contribution in [0.15, 0.2) is 0 Å². The normalized spacial score (nSPS) is 14.4. The van der Waals surface area contributed by atoms with Gasteiger partial charge in [0, 0.05) is 0 Å². The first-order chi connectivity index (χ1) is 15.5. The number of rotatable bonds is 25. The second-order valence-electron chi connectivity index (χ2n) is 10.9. The highest BCUT2D eigenvalue weighted by Gasteiger charge is 2.34. The van der Waals surface area contributed by atoms with Crippen molar-refractivity contribution >= 4 is 5.97 Å². The molecule has 2 unspecified atom stereocenters. The Kier molecular flexibility index (Phi) is 21.9.